The van der Waals surface area contributed by atoms with Crippen molar-refractivity contribution in [2.24, 2.45) is 0 Å². The molecule has 0 aliphatic rings. The van der Waals surface area contributed by atoms with Crippen LogP contribution in [0.2, 0.25) is 0 Å². The molecule has 0 saturated heterocycles. The van der Waals surface area contributed by atoms with Crippen LogP contribution in [-0.4, -0.2) is 38.7 Å². The van der Waals surface area contributed by atoms with Gasteiger partial charge in [0.25, 0.3) is 0 Å². The van der Waals surface area contributed by atoms with E-state index in [1.165, 1.54) is 31.7 Å². The van der Waals surface area contributed by atoms with Gasteiger partial charge in [0.1, 0.15) is 15.5 Å². The molecule has 0 aromatic carbocycles. The Kier molecular flexibility index (Phi) is 5.25. The summed E-state index contributed by atoms with van der Waals surface area (Å²) >= 11 is 0.975. The SMILES string of the molecule is COC(=O)c1sccc1S(=O)(=O)NCC(C)(O)Cc1ccco1. The van der Waals surface area contributed by atoms with Crippen molar-refractivity contribution in [3.63, 3.8) is 0 Å². The van der Waals surface area contributed by atoms with Gasteiger partial charge in [-0.25, -0.2) is 17.9 Å². The van der Waals surface area contributed by atoms with Crippen LogP contribution in [-0.2, 0) is 21.2 Å². The second-order valence-electron chi connectivity index (χ2n) is 5.18. The van der Waals surface area contributed by atoms with Gasteiger partial charge in [0.05, 0.1) is 19.0 Å². The summed E-state index contributed by atoms with van der Waals surface area (Å²) in [4.78, 5) is 11.4. The molecule has 1 unspecified atom stereocenters. The average Bonchev–Trinajstić information content (AvgIpc) is 3.15. The van der Waals surface area contributed by atoms with Crippen LogP contribution in [0.25, 0.3) is 0 Å². The molecule has 2 N–H and O–H groups in total. The van der Waals surface area contributed by atoms with Crippen molar-refractivity contribution in [1.82, 2.24) is 4.72 Å². The second kappa shape index (κ2) is 6.83. The lowest BCUT2D eigenvalue weighted by Gasteiger charge is -2.22. The molecule has 1 atom stereocenters. The molecule has 2 aromatic heterocycles. The Labute approximate surface area is 137 Å². The van der Waals surface area contributed by atoms with Crippen molar-refractivity contribution in [2.75, 3.05) is 13.7 Å². The van der Waals surface area contributed by atoms with Crippen molar-refractivity contribution < 1.29 is 27.5 Å². The number of nitrogens with one attached hydrogen (secondary N) is 1. The van der Waals surface area contributed by atoms with Crippen molar-refractivity contribution >= 4 is 27.3 Å². The normalized spacial score (nSPS) is 14.4. The van der Waals surface area contributed by atoms with Crippen LogP contribution in [0.4, 0.5) is 0 Å². The number of esters is 1. The van der Waals surface area contributed by atoms with Crippen LogP contribution >= 0.6 is 11.3 Å². The van der Waals surface area contributed by atoms with E-state index in [2.05, 4.69) is 9.46 Å². The molecule has 2 aromatic rings. The van der Waals surface area contributed by atoms with Crippen LogP contribution < -0.4 is 4.72 Å². The van der Waals surface area contributed by atoms with E-state index in [4.69, 9.17) is 4.42 Å². The molecule has 23 heavy (non-hydrogen) atoms. The third-order valence-electron chi connectivity index (χ3n) is 3.07. The first kappa shape index (κ1) is 17.7. The van der Waals surface area contributed by atoms with Crippen molar-refractivity contribution in [3.05, 3.63) is 40.5 Å². The monoisotopic (exact) mass is 359 g/mol. The van der Waals surface area contributed by atoms with Gasteiger partial charge in [-0.3, -0.25) is 0 Å². The zero-order valence-electron chi connectivity index (χ0n) is 12.6. The molecule has 2 rings (SSSR count). The maximum absolute atomic E-state index is 12.3. The standard InChI is InChI=1S/C14H17NO6S2/c1-14(17,8-10-4-3-6-21-10)9-15-23(18,19)11-5-7-22-12(11)13(16)20-2/h3-7,15,17H,8-9H2,1-2H3. The van der Waals surface area contributed by atoms with Crippen molar-refractivity contribution in [1.29, 1.82) is 0 Å². The summed E-state index contributed by atoms with van der Waals surface area (Å²) in [6.45, 7) is 1.26. The largest absolute Gasteiger partial charge is 0.469 e. The Morgan fingerprint density at radius 1 is 1.48 bits per heavy atom. The second-order valence-corrected chi connectivity index (χ2v) is 7.83. The maximum Gasteiger partial charge on any atom is 0.349 e. The highest BCUT2D eigenvalue weighted by Crippen LogP contribution is 2.23. The number of carbonyl (C=O) groups excluding carboxylic acids is 1. The summed E-state index contributed by atoms with van der Waals surface area (Å²) in [5.74, 6) is -0.178. The fourth-order valence-electron chi connectivity index (χ4n) is 1.93. The predicted molar refractivity (Wildman–Crippen MR) is 83.9 cm³/mol. The molecule has 9 heteroatoms. The number of methoxy groups -OCH3 is 1. The average molecular weight is 359 g/mol. The quantitative estimate of drug-likeness (QED) is 0.724. The van der Waals surface area contributed by atoms with E-state index in [0.717, 1.165) is 11.3 Å². The molecule has 126 valence electrons. The summed E-state index contributed by atoms with van der Waals surface area (Å²) in [5.41, 5.74) is -1.34. The molecule has 0 saturated carbocycles. The molecule has 0 amide bonds. The lowest BCUT2D eigenvalue weighted by molar-refractivity contribution is 0.0601. The van der Waals surface area contributed by atoms with E-state index < -0.39 is 21.6 Å². The minimum Gasteiger partial charge on any atom is -0.469 e. The highest BCUT2D eigenvalue weighted by atomic mass is 32.2. The molecular formula is C14H17NO6S2. The van der Waals surface area contributed by atoms with Gasteiger partial charge in [-0.2, -0.15) is 0 Å². The molecule has 0 aliphatic heterocycles. The minimum atomic E-state index is -3.95. The van der Waals surface area contributed by atoms with Gasteiger partial charge in [0.2, 0.25) is 10.0 Å². The zero-order chi connectivity index (χ0) is 17.1. The Bertz CT molecular complexity index is 761. The molecule has 0 bridgehead atoms. The Hall–Kier alpha value is -1.68. The first-order valence-electron chi connectivity index (χ1n) is 6.65. The number of rotatable bonds is 7. The van der Waals surface area contributed by atoms with E-state index in [9.17, 15) is 18.3 Å². The van der Waals surface area contributed by atoms with Crippen molar-refractivity contribution in [2.45, 2.75) is 23.8 Å². The molecule has 0 fully saturated rings. The van der Waals surface area contributed by atoms with Crippen LogP contribution in [0.5, 0.6) is 0 Å². The van der Waals surface area contributed by atoms with Gasteiger partial charge >= 0.3 is 5.97 Å². The number of carbonyl (C=O) groups is 1. The first-order chi connectivity index (χ1) is 10.7. The molecule has 0 radical (unpaired) electrons. The van der Waals surface area contributed by atoms with Crippen LogP contribution in [0.15, 0.2) is 39.2 Å². The molecule has 7 nitrogen and oxygen atoms in total. The minimum absolute atomic E-state index is 0.00863. The fraction of sp³-hybridized carbons (Fsp3) is 0.357. The smallest absolute Gasteiger partial charge is 0.349 e. The molecule has 0 spiro atoms. The first-order valence-corrected chi connectivity index (χ1v) is 9.02. The van der Waals surface area contributed by atoms with Gasteiger partial charge in [0, 0.05) is 13.0 Å². The Balaban J connectivity index is 2.10. The van der Waals surface area contributed by atoms with E-state index >= 15 is 0 Å². The summed E-state index contributed by atoms with van der Waals surface area (Å²) in [7, 11) is -2.77. The highest BCUT2D eigenvalue weighted by molar-refractivity contribution is 7.89. The molecule has 0 aliphatic carbocycles. The fourth-order valence-corrected chi connectivity index (χ4v) is 4.42. The maximum atomic E-state index is 12.3. The summed E-state index contributed by atoms with van der Waals surface area (Å²) in [5, 5.41) is 11.8. The summed E-state index contributed by atoms with van der Waals surface area (Å²) < 4.78 is 36.7. The van der Waals surface area contributed by atoms with Crippen LogP contribution in [0.1, 0.15) is 22.4 Å². The van der Waals surface area contributed by atoms with Crippen molar-refractivity contribution in [3.8, 4) is 0 Å². The topological polar surface area (TPSA) is 106 Å². The van der Waals surface area contributed by atoms with Gasteiger partial charge in [-0.15, -0.1) is 11.3 Å². The molecular weight excluding hydrogens is 342 g/mol. The van der Waals surface area contributed by atoms with Gasteiger partial charge in [-0.05, 0) is 30.5 Å². The Morgan fingerprint density at radius 3 is 2.83 bits per heavy atom. The number of hydrogen-bond acceptors (Lipinski definition) is 7. The van der Waals surface area contributed by atoms with Gasteiger partial charge in [0.15, 0.2) is 0 Å². The highest BCUT2D eigenvalue weighted by Gasteiger charge is 2.29. The number of ether oxygens (including phenoxy) is 1. The number of hydrogen-bond donors (Lipinski definition) is 2. The van der Waals surface area contributed by atoms with Crippen LogP contribution in [0.3, 0.4) is 0 Å². The summed E-state index contributed by atoms with van der Waals surface area (Å²) in [6, 6.07) is 4.70. The van der Waals surface area contributed by atoms with Gasteiger partial charge < -0.3 is 14.3 Å². The van der Waals surface area contributed by atoms with Gasteiger partial charge in [-0.1, -0.05) is 0 Å². The van der Waals surface area contributed by atoms with E-state index in [0.29, 0.717) is 5.76 Å². The summed E-state index contributed by atoms with van der Waals surface area (Å²) in [6.07, 6.45) is 1.62. The third kappa shape index (κ3) is 4.41. The Morgan fingerprint density at radius 2 is 2.22 bits per heavy atom. The van der Waals surface area contributed by atoms with E-state index in [1.807, 2.05) is 0 Å². The number of aliphatic hydroxyl groups is 1. The van der Waals surface area contributed by atoms with Crippen LogP contribution in [0, 0.1) is 0 Å². The third-order valence-corrected chi connectivity index (χ3v) is 5.53. The number of sulfonamides is 1. The van der Waals surface area contributed by atoms with E-state index in [1.54, 1.807) is 12.1 Å². The molecule has 2 heterocycles. The lowest BCUT2D eigenvalue weighted by Crippen LogP contribution is -2.42. The van der Waals surface area contributed by atoms with E-state index in [-0.39, 0.29) is 22.7 Å². The zero-order valence-corrected chi connectivity index (χ0v) is 14.2. The number of furan rings is 1. The number of thiophene rings is 1. The lowest BCUT2D eigenvalue weighted by atomic mass is 10.0. The predicted octanol–water partition coefficient (Wildman–Crippen LogP) is 1.40.